The molecule has 1 saturated heterocycles. The summed E-state index contributed by atoms with van der Waals surface area (Å²) in [5.74, 6) is 0.721. The summed E-state index contributed by atoms with van der Waals surface area (Å²) in [4.78, 5) is 0. The fraction of sp³-hybridized carbons (Fsp3) is 0.368. The first kappa shape index (κ1) is 16.3. The molecule has 0 saturated carbocycles. The molecule has 2 aromatic carbocycles. The fourth-order valence-corrected chi connectivity index (χ4v) is 2.95. The van der Waals surface area contributed by atoms with Crippen molar-refractivity contribution in [3.63, 3.8) is 0 Å². The lowest BCUT2D eigenvalue weighted by molar-refractivity contribution is 0.110. The Morgan fingerprint density at radius 2 is 2.00 bits per heavy atom. The molecule has 3 nitrogen and oxygen atoms in total. The summed E-state index contributed by atoms with van der Waals surface area (Å²) >= 11 is 6.32. The third-order valence-electron chi connectivity index (χ3n) is 3.96. The van der Waals surface area contributed by atoms with Gasteiger partial charge in [-0.1, -0.05) is 48.0 Å². The van der Waals surface area contributed by atoms with Gasteiger partial charge in [0.15, 0.2) is 0 Å². The zero-order chi connectivity index (χ0) is 15.9. The van der Waals surface area contributed by atoms with Gasteiger partial charge in [0.2, 0.25) is 0 Å². The first-order valence-electron chi connectivity index (χ1n) is 8.09. The quantitative estimate of drug-likeness (QED) is 0.825. The maximum Gasteiger partial charge on any atom is 0.138 e. The van der Waals surface area contributed by atoms with Crippen LogP contribution in [0.5, 0.6) is 5.75 Å². The molecule has 0 bridgehead atoms. The van der Waals surface area contributed by atoms with Gasteiger partial charge in [-0.25, -0.2) is 0 Å². The van der Waals surface area contributed by atoms with Crippen LogP contribution in [0.2, 0.25) is 5.02 Å². The van der Waals surface area contributed by atoms with E-state index in [1.165, 1.54) is 6.42 Å². The van der Waals surface area contributed by atoms with E-state index in [0.717, 1.165) is 43.0 Å². The maximum absolute atomic E-state index is 6.32. The lowest BCUT2D eigenvalue weighted by Gasteiger charge is -2.12. The first-order chi connectivity index (χ1) is 11.3. The van der Waals surface area contributed by atoms with E-state index >= 15 is 0 Å². The topological polar surface area (TPSA) is 30.5 Å². The summed E-state index contributed by atoms with van der Waals surface area (Å²) in [6, 6.07) is 16.0. The third-order valence-corrected chi connectivity index (χ3v) is 4.25. The molecule has 0 radical (unpaired) electrons. The maximum atomic E-state index is 6.32. The van der Waals surface area contributed by atoms with Crippen molar-refractivity contribution in [3.8, 4) is 5.75 Å². The average Bonchev–Trinajstić information content (AvgIpc) is 3.08. The van der Waals surface area contributed by atoms with E-state index in [9.17, 15) is 0 Å². The van der Waals surface area contributed by atoms with E-state index in [1.54, 1.807) is 0 Å². The zero-order valence-corrected chi connectivity index (χ0v) is 13.9. The van der Waals surface area contributed by atoms with Crippen molar-refractivity contribution in [2.45, 2.75) is 32.1 Å². The molecule has 2 aromatic rings. The molecule has 23 heavy (non-hydrogen) atoms. The van der Waals surface area contributed by atoms with E-state index in [-0.39, 0.29) is 0 Å². The van der Waals surface area contributed by atoms with E-state index in [0.29, 0.717) is 17.7 Å². The highest BCUT2D eigenvalue weighted by molar-refractivity contribution is 6.32. The number of hydrogen-bond acceptors (Lipinski definition) is 3. The van der Waals surface area contributed by atoms with Crippen molar-refractivity contribution >= 4 is 11.6 Å². The van der Waals surface area contributed by atoms with Crippen molar-refractivity contribution in [2.75, 3.05) is 13.2 Å². The van der Waals surface area contributed by atoms with Gasteiger partial charge in [-0.05, 0) is 36.1 Å². The van der Waals surface area contributed by atoms with Gasteiger partial charge in [-0.3, -0.25) is 0 Å². The summed E-state index contributed by atoms with van der Waals surface area (Å²) in [6.07, 6.45) is 2.69. The van der Waals surface area contributed by atoms with Crippen LogP contribution in [0.15, 0.2) is 48.5 Å². The van der Waals surface area contributed by atoms with Crippen molar-refractivity contribution in [1.82, 2.24) is 5.32 Å². The van der Waals surface area contributed by atoms with Crippen molar-refractivity contribution in [3.05, 3.63) is 64.7 Å². The molecule has 0 amide bonds. The molecule has 1 unspecified atom stereocenters. The molecule has 122 valence electrons. The lowest BCUT2D eigenvalue weighted by Crippen LogP contribution is -2.25. The lowest BCUT2D eigenvalue weighted by atomic mass is 10.2. The summed E-state index contributed by atoms with van der Waals surface area (Å²) in [5, 5.41) is 4.07. The van der Waals surface area contributed by atoms with E-state index in [1.807, 2.05) is 42.5 Å². The minimum absolute atomic E-state index is 0.360. The summed E-state index contributed by atoms with van der Waals surface area (Å²) in [7, 11) is 0. The van der Waals surface area contributed by atoms with Crippen LogP contribution in [0.25, 0.3) is 0 Å². The summed E-state index contributed by atoms with van der Waals surface area (Å²) in [6.45, 7) is 3.10. The number of benzene rings is 2. The molecule has 1 aliphatic heterocycles. The number of rotatable bonds is 7. The number of halogens is 1. The van der Waals surface area contributed by atoms with Crippen LogP contribution in [0.1, 0.15) is 24.0 Å². The van der Waals surface area contributed by atoms with Gasteiger partial charge in [0.1, 0.15) is 12.4 Å². The number of nitrogens with one attached hydrogen (secondary N) is 1. The van der Waals surface area contributed by atoms with Gasteiger partial charge >= 0.3 is 0 Å². The predicted octanol–water partition coefficient (Wildman–Crippen LogP) is 4.19. The molecule has 1 atom stereocenters. The van der Waals surface area contributed by atoms with Gasteiger partial charge < -0.3 is 14.8 Å². The van der Waals surface area contributed by atoms with Gasteiger partial charge in [0.05, 0.1) is 11.1 Å². The second-order valence-electron chi connectivity index (χ2n) is 5.80. The highest BCUT2D eigenvalue weighted by Crippen LogP contribution is 2.26. The highest BCUT2D eigenvalue weighted by atomic mass is 35.5. The predicted molar refractivity (Wildman–Crippen MR) is 92.9 cm³/mol. The van der Waals surface area contributed by atoms with Gasteiger partial charge in [0, 0.05) is 19.7 Å². The Kier molecular flexibility index (Phi) is 5.92. The molecular formula is C19H22ClNO2. The summed E-state index contributed by atoms with van der Waals surface area (Å²) in [5.41, 5.74) is 2.28. The van der Waals surface area contributed by atoms with Crippen LogP contribution in [0.4, 0.5) is 0 Å². The Hall–Kier alpha value is -1.55. The van der Waals surface area contributed by atoms with Crippen molar-refractivity contribution < 1.29 is 9.47 Å². The molecule has 1 aliphatic rings. The first-order valence-corrected chi connectivity index (χ1v) is 8.46. The molecule has 0 spiro atoms. The number of ether oxygens (including phenoxy) is 2. The van der Waals surface area contributed by atoms with Crippen molar-refractivity contribution in [2.24, 2.45) is 0 Å². The van der Waals surface area contributed by atoms with Crippen molar-refractivity contribution in [1.29, 1.82) is 0 Å². The monoisotopic (exact) mass is 331 g/mol. The standard InChI is InChI=1S/C19H22ClNO2/c20-18-11-16(12-21-13-17-7-4-10-22-17)8-9-19(18)23-14-15-5-2-1-3-6-15/h1-3,5-6,8-9,11,17,21H,4,7,10,12-14H2. The SMILES string of the molecule is Clc1cc(CNCC2CCCO2)ccc1OCc1ccccc1. The number of hydrogen-bond donors (Lipinski definition) is 1. The Morgan fingerprint density at radius 1 is 1.13 bits per heavy atom. The zero-order valence-electron chi connectivity index (χ0n) is 13.1. The second-order valence-corrected chi connectivity index (χ2v) is 6.21. The average molecular weight is 332 g/mol. The van der Waals surface area contributed by atoms with E-state index in [2.05, 4.69) is 11.4 Å². The van der Waals surface area contributed by atoms with Crippen LogP contribution in [-0.2, 0) is 17.9 Å². The highest BCUT2D eigenvalue weighted by Gasteiger charge is 2.14. The Balaban J connectivity index is 1.49. The summed E-state index contributed by atoms with van der Waals surface area (Å²) < 4.78 is 11.4. The van der Waals surface area contributed by atoms with Gasteiger partial charge in [-0.15, -0.1) is 0 Å². The molecule has 1 N–H and O–H groups in total. The van der Waals surface area contributed by atoms with E-state index in [4.69, 9.17) is 21.1 Å². The molecule has 3 rings (SSSR count). The van der Waals surface area contributed by atoms with Crippen LogP contribution in [-0.4, -0.2) is 19.3 Å². The van der Waals surface area contributed by atoms with Gasteiger partial charge in [0.25, 0.3) is 0 Å². The Labute approximate surface area is 142 Å². The molecule has 1 heterocycles. The van der Waals surface area contributed by atoms with Crippen LogP contribution in [0, 0.1) is 0 Å². The normalized spacial score (nSPS) is 17.3. The van der Waals surface area contributed by atoms with Crippen LogP contribution < -0.4 is 10.1 Å². The second kappa shape index (κ2) is 8.34. The third kappa shape index (κ3) is 4.96. The largest absolute Gasteiger partial charge is 0.487 e. The molecular weight excluding hydrogens is 310 g/mol. The molecule has 0 aromatic heterocycles. The van der Waals surface area contributed by atoms with Gasteiger partial charge in [-0.2, -0.15) is 0 Å². The van der Waals surface area contributed by atoms with Crippen LogP contribution in [0.3, 0.4) is 0 Å². The molecule has 0 aliphatic carbocycles. The Bertz CT molecular complexity index is 612. The van der Waals surface area contributed by atoms with Crippen LogP contribution >= 0.6 is 11.6 Å². The fourth-order valence-electron chi connectivity index (χ4n) is 2.69. The van der Waals surface area contributed by atoms with E-state index < -0.39 is 0 Å². The Morgan fingerprint density at radius 3 is 2.74 bits per heavy atom. The smallest absolute Gasteiger partial charge is 0.138 e. The molecule has 4 heteroatoms. The minimum Gasteiger partial charge on any atom is -0.487 e. The minimum atomic E-state index is 0.360. The molecule has 1 fully saturated rings.